The quantitative estimate of drug-likeness (QED) is 0.196. The van der Waals surface area contributed by atoms with Crippen molar-refractivity contribution in [2.24, 2.45) is 0 Å². The summed E-state index contributed by atoms with van der Waals surface area (Å²) >= 11 is 0. The van der Waals surface area contributed by atoms with Crippen molar-refractivity contribution in [3.05, 3.63) is 47.6 Å². The lowest BCUT2D eigenvalue weighted by Gasteiger charge is -2.22. The fraction of sp³-hybridized carbons (Fsp3) is 0.455. The third kappa shape index (κ3) is 6.94. The van der Waals surface area contributed by atoms with E-state index in [1.807, 2.05) is 6.07 Å². The molecular weight excluding hydrogens is 354 g/mol. The van der Waals surface area contributed by atoms with Gasteiger partial charge in [-0.2, -0.15) is 0 Å². The first kappa shape index (κ1) is 21.9. The number of aromatic hydroxyl groups is 1. The van der Waals surface area contributed by atoms with Gasteiger partial charge in [0.25, 0.3) is 0 Å². The molecule has 1 aliphatic carbocycles. The van der Waals surface area contributed by atoms with Crippen molar-refractivity contribution in [2.45, 2.75) is 45.1 Å². The molecule has 1 aliphatic heterocycles. The van der Waals surface area contributed by atoms with Crippen molar-refractivity contribution in [1.82, 2.24) is 0 Å². The highest BCUT2D eigenvalue weighted by Gasteiger charge is 2.22. The molecule has 0 saturated carbocycles. The molecule has 0 radical (unpaired) electrons. The molecule has 3 rings (SSSR count). The topological polar surface area (TPSA) is 116 Å². The first-order chi connectivity index (χ1) is 13.2. The van der Waals surface area contributed by atoms with Crippen LogP contribution in [0.2, 0.25) is 0 Å². The number of nitrogens with two attached hydrogens (primary N) is 1. The van der Waals surface area contributed by atoms with Crippen molar-refractivity contribution < 1.29 is 14.6 Å². The molecule has 0 bridgehead atoms. The fourth-order valence-electron chi connectivity index (χ4n) is 2.68. The maximum absolute atomic E-state index is 10.1. The second kappa shape index (κ2) is 9.66. The van der Waals surface area contributed by atoms with E-state index in [9.17, 15) is 5.11 Å². The number of nitrogens with one attached hydrogen (secondary N) is 2. The van der Waals surface area contributed by atoms with Gasteiger partial charge in [-0.3, -0.25) is 10.8 Å². The summed E-state index contributed by atoms with van der Waals surface area (Å²) in [6, 6.07) is 3.91. The molecule has 0 spiro atoms. The molecule has 1 unspecified atom stereocenters. The first-order valence-electron chi connectivity index (χ1n) is 9.52. The summed E-state index contributed by atoms with van der Waals surface area (Å²) in [7, 11) is 0. The van der Waals surface area contributed by atoms with E-state index in [0.29, 0.717) is 18.4 Å². The van der Waals surface area contributed by atoms with Crippen molar-refractivity contribution in [1.29, 1.82) is 10.8 Å². The lowest BCUT2D eigenvalue weighted by Crippen LogP contribution is -2.13. The number of hydrogen-bond donors (Lipinski definition) is 4. The van der Waals surface area contributed by atoms with E-state index in [-0.39, 0.29) is 22.6 Å². The van der Waals surface area contributed by atoms with Crippen molar-refractivity contribution in [3.63, 3.8) is 0 Å². The Morgan fingerprint density at radius 2 is 1.79 bits per heavy atom. The Labute approximate surface area is 167 Å². The smallest absolute Gasteiger partial charge is 0.142 e. The van der Waals surface area contributed by atoms with Gasteiger partial charge in [-0.25, -0.2) is 0 Å². The second-order valence-corrected chi connectivity index (χ2v) is 8.01. The van der Waals surface area contributed by atoms with Crippen LogP contribution in [0.25, 0.3) is 0 Å². The number of aryl methyl sites for hydroxylation is 1. The van der Waals surface area contributed by atoms with E-state index in [1.54, 1.807) is 24.3 Å². The Bertz CT molecular complexity index is 750. The number of hydrogen-bond acceptors (Lipinski definition) is 6. The molecule has 6 nitrogen and oxygen atoms in total. The largest absolute Gasteiger partial charge is 0.505 e. The summed E-state index contributed by atoms with van der Waals surface area (Å²) in [5.41, 5.74) is 8.86. The Morgan fingerprint density at radius 1 is 1.18 bits per heavy atom. The molecule has 2 aliphatic rings. The zero-order valence-electron chi connectivity index (χ0n) is 16.9. The standard InChI is InChI=1S/C16H25NO3.C6H6N2/c1-16(2,3)13-7-11(8-14(17)15(13)18)5-4-6-19-9-12-10-20-12;7-5-3-1-2-4-6(5)8/h7-8,12,18H,4-6,9-10,17H2,1-3H3;1-4,7-8H. The number of nitrogen functional groups attached to an aromatic ring is 1. The predicted molar refractivity (Wildman–Crippen MR) is 114 cm³/mol. The monoisotopic (exact) mass is 385 g/mol. The van der Waals surface area contributed by atoms with Crippen LogP contribution in [-0.2, 0) is 21.3 Å². The maximum Gasteiger partial charge on any atom is 0.142 e. The highest BCUT2D eigenvalue weighted by Crippen LogP contribution is 2.36. The van der Waals surface area contributed by atoms with E-state index in [4.69, 9.17) is 26.0 Å². The van der Waals surface area contributed by atoms with Crippen molar-refractivity contribution in [3.8, 4) is 5.75 Å². The van der Waals surface area contributed by atoms with Gasteiger partial charge in [0.05, 0.1) is 30.3 Å². The number of anilines is 1. The number of epoxide rings is 1. The number of benzene rings is 1. The van der Waals surface area contributed by atoms with Gasteiger partial charge in [0.15, 0.2) is 0 Å². The van der Waals surface area contributed by atoms with E-state index < -0.39 is 0 Å². The van der Waals surface area contributed by atoms with Gasteiger partial charge in [-0.15, -0.1) is 0 Å². The number of allylic oxidation sites excluding steroid dienone is 4. The van der Waals surface area contributed by atoms with Crippen LogP contribution < -0.4 is 5.73 Å². The summed E-state index contributed by atoms with van der Waals surface area (Å²) in [5.74, 6) is 0.211. The van der Waals surface area contributed by atoms with E-state index in [2.05, 4.69) is 26.8 Å². The zero-order chi connectivity index (χ0) is 20.7. The SMILES string of the molecule is CC(C)(C)c1cc(CCCOCC2CO2)cc(N)c1O.N=C1C=CC=CC1=N. The molecule has 1 aromatic carbocycles. The van der Waals surface area contributed by atoms with Gasteiger partial charge >= 0.3 is 0 Å². The molecule has 152 valence electrons. The minimum Gasteiger partial charge on any atom is -0.505 e. The van der Waals surface area contributed by atoms with E-state index >= 15 is 0 Å². The molecule has 1 heterocycles. The van der Waals surface area contributed by atoms with Gasteiger partial charge in [0, 0.05) is 12.2 Å². The van der Waals surface area contributed by atoms with Crippen molar-refractivity contribution in [2.75, 3.05) is 25.6 Å². The van der Waals surface area contributed by atoms with Crippen LogP contribution in [0, 0.1) is 10.8 Å². The minimum absolute atomic E-state index is 0.117. The van der Waals surface area contributed by atoms with Crippen LogP contribution in [-0.4, -0.2) is 42.5 Å². The summed E-state index contributed by atoms with van der Waals surface area (Å²) in [6.07, 6.45) is 8.87. The number of rotatable bonds is 6. The number of phenolic OH excluding ortho intramolecular Hbond substituents is 1. The molecular formula is C22H31N3O3. The van der Waals surface area contributed by atoms with Gasteiger partial charge in [0.2, 0.25) is 0 Å². The Balaban J connectivity index is 0.000000292. The van der Waals surface area contributed by atoms with Crippen LogP contribution in [0.15, 0.2) is 36.4 Å². The lowest BCUT2D eigenvalue weighted by atomic mass is 9.84. The average molecular weight is 386 g/mol. The average Bonchev–Trinajstić information content (AvgIpc) is 3.44. The molecule has 0 aromatic heterocycles. The lowest BCUT2D eigenvalue weighted by molar-refractivity contribution is 0.114. The third-order valence-corrected chi connectivity index (χ3v) is 4.39. The molecule has 0 amide bonds. The third-order valence-electron chi connectivity index (χ3n) is 4.39. The van der Waals surface area contributed by atoms with Gasteiger partial charge in [0.1, 0.15) is 11.9 Å². The van der Waals surface area contributed by atoms with Gasteiger partial charge in [-0.05, 0) is 42.0 Å². The molecule has 28 heavy (non-hydrogen) atoms. The van der Waals surface area contributed by atoms with E-state index in [0.717, 1.165) is 37.2 Å². The van der Waals surface area contributed by atoms with Crippen LogP contribution in [0.1, 0.15) is 38.3 Å². The second-order valence-electron chi connectivity index (χ2n) is 8.01. The Hall–Kier alpha value is -2.44. The van der Waals surface area contributed by atoms with E-state index in [1.165, 1.54) is 0 Å². The normalized spacial score (nSPS) is 18.0. The Morgan fingerprint density at radius 3 is 2.29 bits per heavy atom. The molecule has 1 fully saturated rings. The predicted octanol–water partition coefficient (Wildman–Crippen LogP) is 3.77. The maximum atomic E-state index is 10.1. The van der Waals surface area contributed by atoms with Gasteiger partial charge in [-0.1, -0.05) is 39.0 Å². The summed E-state index contributed by atoms with van der Waals surface area (Å²) in [6.45, 7) is 8.48. The summed E-state index contributed by atoms with van der Waals surface area (Å²) in [5, 5.41) is 24.1. The molecule has 6 heteroatoms. The number of ether oxygens (including phenoxy) is 2. The van der Waals surface area contributed by atoms with Gasteiger partial charge < -0.3 is 20.3 Å². The molecule has 1 saturated heterocycles. The minimum atomic E-state index is -0.117. The highest BCUT2D eigenvalue weighted by atomic mass is 16.6. The molecule has 1 atom stereocenters. The van der Waals surface area contributed by atoms with Crippen molar-refractivity contribution >= 4 is 17.1 Å². The number of phenols is 1. The molecule has 1 aromatic rings. The first-order valence-corrected chi connectivity index (χ1v) is 9.52. The van der Waals surface area contributed by atoms with Crippen LogP contribution in [0.3, 0.4) is 0 Å². The summed E-state index contributed by atoms with van der Waals surface area (Å²) in [4.78, 5) is 0. The zero-order valence-corrected chi connectivity index (χ0v) is 16.9. The van der Waals surface area contributed by atoms with Crippen LogP contribution in [0.5, 0.6) is 5.75 Å². The summed E-state index contributed by atoms with van der Waals surface area (Å²) < 4.78 is 10.6. The highest BCUT2D eigenvalue weighted by molar-refractivity contribution is 6.48. The van der Waals surface area contributed by atoms with Crippen LogP contribution in [0.4, 0.5) is 5.69 Å². The Kier molecular flexibility index (Phi) is 7.54. The van der Waals surface area contributed by atoms with Crippen LogP contribution >= 0.6 is 0 Å². The fourth-order valence-corrected chi connectivity index (χ4v) is 2.68. The molecule has 5 N–H and O–H groups in total.